The topological polar surface area (TPSA) is 75.0 Å². The van der Waals surface area contributed by atoms with Gasteiger partial charge in [0.25, 0.3) is 0 Å². The predicted octanol–water partition coefficient (Wildman–Crippen LogP) is 4.15. The maximum absolute atomic E-state index is 4.99. The first kappa shape index (κ1) is 21.1. The number of aromatic nitrogens is 5. The van der Waals surface area contributed by atoms with Gasteiger partial charge in [-0.2, -0.15) is 9.97 Å². The van der Waals surface area contributed by atoms with Gasteiger partial charge in [-0.3, -0.25) is 4.57 Å². The Bertz CT molecular complexity index is 1400. The summed E-state index contributed by atoms with van der Waals surface area (Å²) in [5.74, 6) is 2.47. The molecule has 0 aliphatic carbocycles. The molecule has 3 aromatic heterocycles. The molecule has 1 aliphatic heterocycles. The maximum Gasteiger partial charge on any atom is 0.229 e. The lowest BCUT2D eigenvalue weighted by molar-refractivity contribution is 0.635. The number of imidazole rings is 1. The molecular formula is C27H26N8. The lowest BCUT2D eigenvalue weighted by atomic mass is 10.2. The van der Waals surface area contributed by atoms with Crippen molar-refractivity contribution in [2.75, 3.05) is 41.3 Å². The number of nitrogens with one attached hydrogen (secondary N) is 1. The highest BCUT2D eigenvalue weighted by Gasteiger charge is 2.23. The third-order valence-electron chi connectivity index (χ3n) is 6.26. The van der Waals surface area contributed by atoms with Gasteiger partial charge < -0.3 is 15.1 Å². The Balaban J connectivity index is 1.33. The van der Waals surface area contributed by atoms with Gasteiger partial charge in [0, 0.05) is 44.6 Å². The van der Waals surface area contributed by atoms with Gasteiger partial charge in [0.2, 0.25) is 5.95 Å². The van der Waals surface area contributed by atoms with E-state index in [9.17, 15) is 0 Å². The van der Waals surface area contributed by atoms with Crippen molar-refractivity contribution in [3.05, 3.63) is 97.0 Å². The fourth-order valence-electron chi connectivity index (χ4n) is 4.39. The second-order valence-electron chi connectivity index (χ2n) is 8.50. The van der Waals surface area contributed by atoms with Crippen molar-refractivity contribution in [2.45, 2.75) is 6.54 Å². The highest BCUT2D eigenvalue weighted by molar-refractivity contribution is 5.85. The summed E-state index contributed by atoms with van der Waals surface area (Å²) < 4.78 is 2.03. The Morgan fingerprint density at radius 3 is 2.17 bits per heavy atom. The van der Waals surface area contributed by atoms with Crippen molar-refractivity contribution in [1.82, 2.24) is 24.5 Å². The molecule has 5 aromatic rings. The van der Waals surface area contributed by atoms with E-state index in [0.717, 1.165) is 54.7 Å². The molecule has 8 heteroatoms. The molecule has 6 rings (SSSR count). The Morgan fingerprint density at radius 1 is 0.714 bits per heavy atom. The molecular weight excluding hydrogens is 436 g/mol. The van der Waals surface area contributed by atoms with Gasteiger partial charge >= 0.3 is 0 Å². The smallest absolute Gasteiger partial charge is 0.229 e. The molecule has 1 fully saturated rings. The maximum atomic E-state index is 4.99. The number of hydrogen-bond donors (Lipinski definition) is 1. The van der Waals surface area contributed by atoms with Crippen LogP contribution in [0.15, 0.2) is 91.4 Å². The zero-order valence-electron chi connectivity index (χ0n) is 19.3. The summed E-state index contributed by atoms with van der Waals surface area (Å²) in [5.41, 5.74) is 3.77. The fourth-order valence-corrected chi connectivity index (χ4v) is 4.39. The van der Waals surface area contributed by atoms with Crippen LogP contribution < -0.4 is 15.1 Å². The van der Waals surface area contributed by atoms with E-state index in [1.54, 1.807) is 0 Å². The summed E-state index contributed by atoms with van der Waals surface area (Å²) in [7, 11) is 0. The minimum atomic E-state index is 0.665. The van der Waals surface area contributed by atoms with Crippen LogP contribution in [0, 0.1) is 0 Å². The minimum Gasteiger partial charge on any atom is -0.364 e. The highest BCUT2D eigenvalue weighted by atomic mass is 15.3. The molecule has 0 amide bonds. The van der Waals surface area contributed by atoms with Crippen LogP contribution in [0.2, 0.25) is 0 Å². The van der Waals surface area contributed by atoms with Crippen LogP contribution in [0.5, 0.6) is 0 Å². The molecule has 0 atom stereocenters. The second-order valence-corrected chi connectivity index (χ2v) is 8.50. The first-order valence-electron chi connectivity index (χ1n) is 11.8. The van der Waals surface area contributed by atoms with Gasteiger partial charge in [-0.25, -0.2) is 9.97 Å². The molecule has 1 aliphatic rings. The number of benzene rings is 2. The van der Waals surface area contributed by atoms with Gasteiger partial charge in [0.05, 0.1) is 0 Å². The average Bonchev–Trinajstić information content (AvgIpc) is 3.38. The van der Waals surface area contributed by atoms with E-state index in [4.69, 9.17) is 9.97 Å². The molecule has 35 heavy (non-hydrogen) atoms. The van der Waals surface area contributed by atoms with Gasteiger partial charge in [-0.1, -0.05) is 54.6 Å². The SMILES string of the molecule is c1ccc(CNc2nc(N3CCN(c4ccccn4)CC3)nc3c2ncn3-c2ccccc2)cc1. The Morgan fingerprint density at radius 2 is 1.43 bits per heavy atom. The number of fused-ring (bicyclic) bond motifs is 1. The molecule has 1 saturated heterocycles. The fraction of sp³-hybridized carbons (Fsp3) is 0.185. The second kappa shape index (κ2) is 9.42. The quantitative estimate of drug-likeness (QED) is 0.406. The monoisotopic (exact) mass is 462 g/mol. The Hall–Kier alpha value is -4.46. The molecule has 1 N–H and O–H groups in total. The highest BCUT2D eigenvalue weighted by Crippen LogP contribution is 2.26. The Labute approximate surface area is 203 Å². The predicted molar refractivity (Wildman–Crippen MR) is 139 cm³/mol. The summed E-state index contributed by atoms with van der Waals surface area (Å²) in [6.07, 6.45) is 3.67. The lowest BCUT2D eigenvalue weighted by Crippen LogP contribution is -2.47. The molecule has 2 aromatic carbocycles. The number of para-hydroxylation sites is 1. The van der Waals surface area contributed by atoms with Crippen LogP contribution in [-0.4, -0.2) is 50.7 Å². The average molecular weight is 463 g/mol. The molecule has 174 valence electrons. The number of pyridine rings is 1. The molecule has 0 bridgehead atoms. The zero-order chi connectivity index (χ0) is 23.5. The number of nitrogens with zero attached hydrogens (tertiary/aromatic N) is 7. The summed E-state index contributed by atoms with van der Waals surface area (Å²) in [4.78, 5) is 23.7. The first-order valence-corrected chi connectivity index (χ1v) is 11.8. The van der Waals surface area contributed by atoms with E-state index in [1.807, 2.05) is 65.6 Å². The van der Waals surface area contributed by atoms with Gasteiger partial charge in [0.1, 0.15) is 12.1 Å². The van der Waals surface area contributed by atoms with Crippen LogP contribution in [0.25, 0.3) is 16.9 Å². The van der Waals surface area contributed by atoms with Crippen molar-refractivity contribution < 1.29 is 0 Å². The largest absolute Gasteiger partial charge is 0.364 e. The lowest BCUT2D eigenvalue weighted by Gasteiger charge is -2.35. The third kappa shape index (κ3) is 4.38. The normalized spacial score (nSPS) is 13.8. The minimum absolute atomic E-state index is 0.665. The van der Waals surface area contributed by atoms with Crippen LogP contribution in [-0.2, 0) is 6.54 Å². The molecule has 0 saturated carbocycles. The van der Waals surface area contributed by atoms with E-state index in [0.29, 0.717) is 12.5 Å². The molecule has 0 spiro atoms. The molecule has 8 nitrogen and oxygen atoms in total. The van der Waals surface area contributed by atoms with Crippen LogP contribution in [0.4, 0.5) is 17.6 Å². The van der Waals surface area contributed by atoms with E-state index in [1.165, 1.54) is 5.56 Å². The van der Waals surface area contributed by atoms with Gasteiger partial charge in [-0.15, -0.1) is 0 Å². The zero-order valence-corrected chi connectivity index (χ0v) is 19.3. The first-order chi connectivity index (χ1) is 17.3. The van der Waals surface area contributed by atoms with Crippen molar-refractivity contribution in [3.63, 3.8) is 0 Å². The standard InChI is InChI=1S/C27H26N8/c1-3-9-21(10-4-1)19-29-25-24-26(35(20-30-24)22-11-5-2-6-12-22)32-27(31-25)34-17-15-33(16-18-34)23-13-7-8-14-28-23/h1-14,20H,15-19H2,(H,29,31,32). The van der Waals surface area contributed by atoms with Gasteiger partial charge in [0.15, 0.2) is 17.0 Å². The van der Waals surface area contributed by atoms with Crippen molar-refractivity contribution in [3.8, 4) is 5.69 Å². The van der Waals surface area contributed by atoms with Crippen molar-refractivity contribution in [1.29, 1.82) is 0 Å². The van der Waals surface area contributed by atoms with Crippen LogP contribution in [0.1, 0.15) is 5.56 Å². The van der Waals surface area contributed by atoms with Gasteiger partial charge in [-0.05, 0) is 29.8 Å². The van der Waals surface area contributed by atoms with E-state index in [2.05, 4.69) is 55.4 Å². The number of rotatable bonds is 6. The van der Waals surface area contributed by atoms with E-state index in [-0.39, 0.29) is 0 Å². The summed E-state index contributed by atoms with van der Waals surface area (Å²) in [6.45, 7) is 4.03. The molecule has 4 heterocycles. The van der Waals surface area contributed by atoms with Crippen molar-refractivity contribution in [2.24, 2.45) is 0 Å². The van der Waals surface area contributed by atoms with Crippen LogP contribution >= 0.6 is 0 Å². The molecule has 0 unspecified atom stereocenters. The number of anilines is 3. The van der Waals surface area contributed by atoms with Crippen molar-refractivity contribution >= 4 is 28.7 Å². The summed E-state index contributed by atoms with van der Waals surface area (Å²) in [5, 5.41) is 3.51. The number of piperazine rings is 1. The van der Waals surface area contributed by atoms with E-state index >= 15 is 0 Å². The number of hydrogen-bond acceptors (Lipinski definition) is 7. The summed E-state index contributed by atoms with van der Waals surface area (Å²) in [6, 6.07) is 26.5. The Kier molecular flexibility index (Phi) is 5.68. The van der Waals surface area contributed by atoms with E-state index < -0.39 is 0 Å². The molecule has 0 radical (unpaired) electrons. The summed E-state index contributed by atoms with van der Waals surface area (Å²) >= 11 is 0. The third-order valence-corrected chi connectivity index (χ3v) is 6.26. The van der Waals surface area contributed by atoms with Crippen LogP contribution in [0.3, 0.4) is 0 Å².